The van der Waals surface area contributed by atoms with Crippen molar-refractivity contribution in [2.45, 2.75) is 32.4 Å². The molecule has 160 valence electrons. The van der Waals surface area contributed by atoms with Crippen LogP contribution < -0.4 is 15.5 Å². The second-order valence-electron chi connectivity index (χ2n) is 7.78. The van der Waals surface area contributed by atoms with Crippen molar-refractivity contribution in [1.29, 1.82) is 0 Å². The molecule has 2 aromatic carbocycles. The largest absolute Gasteiger partial charge is 0.357 e. The first-order valence-electron chi connectivity index (χ1n) is 10.7. The summed E-state index contributed by atoms with van der Waals surface area (Å²) in [4.78, 5) is 20.7. The van der Waals surface area contributed by atoms with E-state index in [1.165, 1.54) is 5.56 Å². The lowest BCUT2D eigenvalue weighted by Crippen LogP contribution is -2.41. The van der Waals surface area contributed by atoms with Gasteiger partial charge in [-0.25, -0.2) is 4.99 Å². The van der Waals surface area contributed by atoms with E-state index in [1.54, 1.807) is 0 Å². The maximum absolute atomic E-state index is 11.9. The van der Waals surface area contributed by atoms with Gasteiger partial charge in [0.05, 0.1) is 12.6 Å². The first kappa shape index (κ1) is 21.8. The van der Waals surface area contributed by atoms with E-state index < -0.39 is 0 Å². The molecular weight excluding hydrogens is 374 g/mol. The van der Waals surface area contributed by atoms with Gasteiger partial charge in [-0.15, -0.1) is 0 Å². The number of aliphatic imine (C=N–C) groups is 1. The van der Waals surface area contributed by atoms with Crippen molar-refractivity contribution in [3.8, 4) is 0 Å². The highest BCUT2D eigenvalue weighted by Crippen LogP contribution is 2.22. The van der Waals surface area contributed by atoms with Crippen LogP contribution in [0.1, 0.15) is 36.9 Å². The SMILES string of the molecule is CCNC(=NCc1ccc(N2CCCC2=O)cc1)NCC(c1ccccc1)N(C)C. The number of carbonyl (C=O) groups excluding carboxylic acids is 1. The van der Waals surface area contributed by atoms with E-state index in [4.69, 9.17) is 4.99 Å². The van der Waals surface area contributed by atoms with E-state index in [1.807, 2.05) is 23.1 Å². The molecule has 0 aromatic heterocycles. The molecule has 0 bridgehead atoms. The number of rotatable bonds is 8. The Hall–Kier alpha value is -2.86. The Morgan fingerprint density at radius 1 is 1.10 bits per heavy atom. The zero-order valence-electron chi connectivity index (χ0n) is 18.3. The van der Waals surface area contributed by atoms with Gasteiger partial charge in [-0.3, -0.25) is 4.79 Å². The number of guanidine groups is 1. The summed E-state index contributed by atoms with van der Waals surface area (Å²) in [5.41, 5.74) is 3.37. The molecule has 1 fully saturated rings. The van der Waals surface area contributed by atoms with Crippen molar-refractivity contribution in [1.82, 2.24) is 15.5 Å². The van der Waals surface area contributed by atoms with Crippen molar-refractivity contribution in [2.24, 2.45) is 4.99 Å². The normalized spacial score (nSPS) is 15.5. The fourth-order valence-electron chi connectivity index (χ4n) is 3.68. The van der Waals surface area contributed by atoms with Crippen LogP contribution in [0.3, 0.4) is 0 Å². The molecule has 6 nitrogen and oxygen atoms in total. The zero-order chi connectivity index (χ0) is 21.3. The maximum Gasteiger partial charge on any atom is 0.227 e. The average Bonchev–Trinajstić information content (AvgIpc) is 3.19. The number of hydrogen-bond acceptors (Lipinski definition) is 3. The van der Waals surface area contributed by atoms with Crippen molar-refractivity contribution >= 4 is 17.6 Å². The summed E-state index contributed by atoms with van der Waals surface area (Å²) in [6, 6.07) is 18.9. The average molecular weight is 408 g/mol. The van der Waals surface area contributed by atoms with Crippen LogP contribution in [0.5, 0.6) is 0 Å². The fraction of sp³-hybridized carbons (Fsp3) is 0.417. The number of benzene rings is 2. The molecule has 1 heterocycles. The Morgan fingerprint density at radius 3 is 2.43 bits per heavy atom. The lowest BCUT2D eigenvalue weighted by Gasteiger charge is -2.26. The van der Waals surface area contributed by atoms with Gasteiger partial charge >= 0.3 is 0 Å². The van der Waals surface area contributed by atoms with Crippen molar-refractivity contribution in [3.05, 3.63) is 65.7 Å². The molecule has 2 aromatic rings. The van der Waals surface area contributed by atoms with E-state index in [2.05, 4.69) is 73.0 Å². The summed E-state index contributed by atoms with van der Waals surface area (Å²) in [6.07, 6.45) is 1.60. The minimum atomic E-state index is 0.216. The third-order valence-corrected chi connectivity index (χ3v) is 5.36. The Bertz CT molecular complexity index is 832. The van der Waals surface area contributed by atoms with Gasteiger partial charge in [-0.05, 0) is 50.7 Å². The Kier molecular flexibility index (Phi) is 7.85. The molecule has 1 aliphatic heterocycles. The predicted molar refractivity (Wildman–Crippen MR) is 124 cm³/mol. The van der Waals surface area contributed by atoms with Gasteiger partial charge < -0.3 is 20.4 Å². The highest BCUT2D eigenvalue weighted by Gasteiger charge is 2.21. The van der Waals surface area contributed by atoms with Gasteiger partial charge in [0.25, 0.3) is 0 Å². The molecule has 2 N–H and O–H groups in total. The summed E-state index contributed by atoms with van der Waals surface area (Å²) in [6.45, 7) is 5.04. The van der Waals surface area contributed by atoms with Gasteiger partial charge in [-0.2, -0.15) is 0 Å². The molecule has 0 radical (unpaired) electrons. The molecule has 1 unspecified atom stereocenters. The van der Waals surface area contributed by atoms with Gasteiger partial charge in [0.15, 0.2) is 5.96 Å². The summed E-state index contributed by atoms with van der Waals surface area (Å²) in [7, 11) is 4.19. The second kappa shape index (κ2) is 10.8. The number of carbonyl (C=O) groups is 1. The van der Waals surface area contributed by atoms with Crippen LogP contribution in [0.15, 0.2) is 59.6 Å². The van der Waals surface area contributed by atoms with Crippen molar-refractivity contribution < 1.29 is 4.79 Å². The minimum absolute atomic E-state index is 0.216. The molecule has 1 saturated heterocycles. The molecule has 0 aliphatic carbocycles. The predicted octanol–water partition coefficient (Wildman–Crippen LogP) is 3.17. The van der Waals surface area contributed by atoms with E-state index >= 15 is 0 Å². The molecule has 1 aliphatic rings. The number of amides is 1. The Balaban J connectivity index is 1.61. The van der Waals surface area contributed by atoms with Crippen LogP contribution in [-0.2, 0) is 11.3 Å². The van der Waals surface area contributed by atoms with Gasteiger partial charge in [0.1, 0.15) is 0 Å². The summed E-state index contributed by atoms with van der Waals surface area (Å²) < 4.78 is 0. The quantitative estimate of drug-likeness (QED) is 0.521. The van der Waals surface area contributed by atoms with E-state index in [9.17, 15) is 4.79 Å². The third-order valence-electron chi connectivity index (χ3n) is 5.36. The van der Waals surface area contributed by atoms with Crippen LogP contribution in [-0.4, -0.2) is 50.5 Å². The fourth-order valence-corrected chi connectivity index (χ4v) is 3.68. The zero-order valence-corrected chi connectivity index (χ0v) is 18.3. The number of nitrogens with zero attached hydrogens (tertiary/aromatic N) is 3. The van der Waals surface area contributed by atoms with Gasteiger partial charge in [0, 0.05) is 31.7 Å². The van der Waals surface area contributed by atoms with Crippen LogP contribution in [0, 0.1) is 0 Å². The molecule has 0 spiro atoms. The summed E-state index contributed by atoms with van der Waals surface area (Å²) >= 11 is 0. The summed E-state index contributed by atoms with van der Waals surface area (Å²) in [5, 5.41) is 6.81. The number of anilines is 1. The lowest BCUT2D eigenvalue weighted by molar-refractivity contribution is -0.117. The first-order chi connectivity index (χ1) is 14.6. The van der Waals surface area contributed by atoms with E-state index in [-0.39, 0.29) is 11.9 Å². The van der Waals surface area contributed by atoms with Crippen LogP contribution >= 0.6 is 0 Å². The number of nitrogens with one attached hydrogen (secondary N) is 2. The highest BCUT2D eigenvalue weighted by molar-refractivity contribution is 5.95. The summed E-state index contributed by atoms with van der Waals surface area (Å²) in [5.74, 6) is 1.02. The third kappa shape index (κ3) is 5.83. The minimum Gasteiger partial charge on any atom is -0.357 e. The monoisotopic (exact) mass is 407 g/mol. The molecule has 1 atom stereocenters. The first-order valence-corrected chi connectivity index (χ1v) is 10.7. The second-order valence-corrected chi connectivity index (χ2v) is 7.78. The van der Waals surface area contributed by atoms with Crippen molar-refractivity contribution in [3.63, 3.8) is 0 Å². The van der Waals surface area contributed by atoms with Crippen LogP contribution in [0.25, 0.3) is 0 Å². The topological polar surface area (TPSA) is 60.0 Å². The molecule has 30 heavy (non-hydrogen) atoms. The molecule has 1 amide bonds. The van der Waals surface area contributed by atoms with Gasteiger partial charge in [-0.1, -0.05) is 42.5 Å². The number of likely N-dealkylation sites (N-methyl/N-ethyl adjacent to an activating group) is 1. The lowest BCUT2D eigenvalue weighted by atomic mass is 10.1. The van der Waals surface area contributed by atoms with E-state index in [0.717, 1.165) is 43.3 Å². The van der Waals surface area contributed by atoms with Crippen LogP contribution in [0.2, 0.25) is 0 Å². The Morgan fingerprint density at radius 2 is 1.83 bits per heavy atom. The smallest absolute Gasteiger partial charge is 0.227 e. The number of hydrogen-bond donors (Lipinski definition) is 2. The molecule has 0 saturated carbocycles. The van der Waals surface area contributed by atoms with Crippen molar-refractivity contribution in [2.75, 3.05) is 38.6 Å². The van der Waals surface area contributed by atoms with Gasteiger partial charge in [0.2, 0.25) is 5.91 Å². The van der Waals surface area contributed by atoms with E-state index in [0.29, 0.717) is 13.0 Å². The molecular formula is C24H33N5O. The van der Waals surface area contributed by atoms with Crippen LogP contribution in [0.4, 0.5) is 5.69 Å². The molecule has 3 rings (SSSR count). The standard InChI is InChI=1S/C24H33N5O/c1-4-25-24(27-18-22(28(2)3)20-9-6-5-7-10-20)26-17-19-12-14-21(15-13-19)29-16-8-11-23(29)30/h5-7,9-10,12-15,22H,4,8,11,16-18H2,1-3H3,(H2,25,26,27). The molecule has 6 heteroatoms. The highest BCUT2D eigenvalue weighted by atomic mass is 16.2. The maximum atomic E-state index is 11.9. The Labute approximate surface area is 180 Å².